The van der Waals surface area contributed by atoms with Crippen molar-refractivity contribution in [3.8, 4) is 6.07 Å². The van der Waals surface area contributed by atoms with Crippen LogP contribution >= 0.6 is 0 Å². The van der Waals surface area contributed by atoms with Gasteiger partial charge >= 0.3 is 0 Å². The van der Waals surface area contributed by atoms with E-state index in [1.165, 1.54) is 0 Å². The first-order chi connectivity index (χ1) is 11.1. The van der Waals surface area contributed by atoms with E-state index in [1.54, 1.807) is 24.3 Å². The SMILES string of the molecule is Cc1ccc(CNC(=O)CC(=O)Nc2cccc(C#N)c2)cc1. The van der Waals surface area contributed by atoms with Crippen LogP contribution in [0, 0.1) is 18.3 Å². The third kappa shape index (κ3) is 5.29. The molecule has 2 aromatic rings. The molecular formula is C18H17N3O2. The van der Waals surface area contributed by atoms with E-state index in [9.17, 15) is 9.59 Å². The van der Waals surface area contributed by atoms with Crippen LogP contribution in [0.2, 0.25) is 0 Å². The summed E-state index contributed by atoms with van der Waals surface area (Å²) in [4.78, 5) is 23.6. The molecule has 0 bridgehead atoms. The van der Waals surface area contributed by atoms with E-state index in [4.69, 9.17) is 5.26 Å². The molecular weight excluding hydrogens is 290 g/mol. The van der Waals surface area contributed by atoms with Gasteiger partial charge in [0.1, 0.15) is 6.42 Å². The highest BCUT2D eigenvalue weighted by Crippen LogP contribution is 2.10. The van der Waals surface area contributed by atoms with Crippen LogP contribution in [0.15, 0.2) is 48.5 Å². The Morgan fingerprint density at radius 2 is 1.83 bits per heavy atom. The minimum Gasteiger partial charge on any atom is -0.352 e. The van der Waals surface area contributed by atoms with E-state index in [1.807, 2.05) is 37.3 Å². The van der Waals surface area contributed by atoms with Gasteiger partial charge in [-0.2, -0.15) is 5.26 Å². The Bertz CT molecular complexity index is 746. The zero-order valence-electron chi connectivity index (χ0n) is 12.8. The molecule has 0 aliphatic heterocycles. The Balaban J connectivity index is 1.81. The molecule has 0 unspecified atom stereocenters. The Labute approximate surface area is 134 Å². The van der Waals surface area contributed by atoms with E-state index < -0.39 is 5.91 Å². The summed E-state index contributed by atoms with van der Waals surface area (Å²) in [5, 5.41) is 14.1. The molecule has 0 aliphatic rings. The Morgan fingerprint density at radius 1 is 1.09 bits per heavy atom. The van der Waals surface area contributed by atoms with E-state index in [2.05, 4.69) is 10.6 Å². The maximum absolute atomic E-state index is 11.8. The number of carbonyl (C=O) groups is 2. The molecule has 23 heavy (non-hydrogen) atoms. The summed E-state index contributed by atoms with van der Waals surface area (Å²) in [6, 6.07) is 16.3. The summed E-state index contributed by atoms with van der Waals surface area (Å²) < 4.78 is 0. The van der Waals surface area contributed by atoms with Crippen LogP contribution in [-0.4, -0.2) is 11.8 Å². The van der Waals surface area contributed by atoms with Crippen molar-refractivity contribution in [1.29, 1.82) is 5.26 Å². The molecule has 0 aliphatic carbocycles. The maximum Gasteiger partial charge on any atom is 0.233 e. The predicted molar refractivity (Wildman–Crippen MR) is 87.4 cm³/mol. The topological polar surface area (TPSA) is 82.0 Å². The summed E-state index contributed by atoms with van der Waals surface area (Å²) in [5.74, 6) is -0.763. The van der Waals surface area contributed by atoms with Gasteiger partial charge in [-0.05, 0) is 30.7 Å². The third-order valence-corrected chi connectivity index (χ3v) is 3.21. The quantitative estimate of drug-likeness (QED) is 0.833. The Hall–Kier alpha value is -3.13. The van der Waals surface area contributed by atoms with E-state index in [0.717, 1.165) is 11.1 Å². The number of hydrogen-bond acceptors (Lipinski definition) is 3. The van der Waals surface area contributed by atoms with Crippen molar-refractivity contribution >= 4 is 17.5 Å². The lowest BCUT2D eigenvalue weighted by atomic mass is 10.1. The van der Waals surface area contributed by atoms with Gasteiger partial charge in [0.15, 0.2) is 0 Å². The molecule has 0 spiro atoms. The molecule has 0 saturated heterocycles. The third-order valence-electron chi connectivity index (χ3n) is 3.21. The summed E-state index contributed by atoms with van der Waals surface area (Å²) in [7, 11) is 0. The summed E-state index contributed by atoms with van der Waals surface area (Å²) >= 11 is 0. The molecule has 0 radical (unpaired) electrons. The molecule has 0 fully saturated rings. The minimum absolute atomic E-state index is 0.261. The number of aryl methyl sites for hydroxylation is 1. The molecule has 2 amide bonds. The molecule has 5 heteroatoms. The largest absolute Gasteiger partial charge is 0.352 e. The van der Waals surface area contributed by atoms with Crippen LogP contribution in [0.1, 0.15) is 23.1 Å². The highest BCUT2D eigenvalue weighted by Gasteiger charge is 2.09. The minimum atomic E-state index is -0.415. The fraction of sp³-hybridized carbons (Fsp3) is 0.167. The summed E-state index contributed by atoms with van der Waals surface area (Å²) in [5.41, 5.74) is 3.08. The van der Waals surface area contributed by atoms with Gasteiger partial charge < -0.3 is 10.6 Å². The molecule has 0 saturated carbocycles. The van der Waals surface area contributed by atoms with Gasteiger partial charge in [-0.25, -0.2) is 0 Å². The van der Waals surface area contributed by atoms with Gasteiger partial charge in [0.2, 0.25) is 11.8 Å². The van der Waals surface area contributed by atoms with E-state index in [-0.39, 0.29) is 12.3 Å². The lowest BCUT2D eigenvalue weighted by Crippen LogP contribution is -2.27. The number of anilines is 1. The first kappa shape index (κ1) is 16.2. The molecule has 0 atom stereocenters. The summed E-state index contributed by atoms with van der Waals surface area (Å²) in [6.45, 7) is 2.38. The van der Waals surface area contributed by atoms with Crippen molar-refractivity contribution < 1.29 is 9.59 Å². The van der Waals surface area contributed by atoms with Crippen molar-refractivity contribution in [3.05, 3.63) is 65.2 Å². The normalized spacial score (nSPS) is 9.74. The van der Waals surface area contributed by atoms with Gasteiger partial charge in [-0.1, -0.05) is 35.9 Å². The lowest BCUT2D eigenvalue weighted by Gasteiger charge is -2.07. The van der Waals surface area contributed by atoms with Crippen molar-refractivity contribution in [2.24, 2.45) is 0 Å². The van der Waals surface area contributed by atoms with Crippen LogP contribution in [0.25, 0.3) is 0 Å². The number of hydrogen-bond donors (Lipinski definition) is 2. The number of carbonyl (C=O) groups excluding carboxylic acids is 2. The van der Waals surface area contributed by atoms with Gasteiger partial charge in [0, 0.05) is 12.2 Å². The maximum atomic E-state index is 11.8. The van der Waals surface area contributed by atoms with Crippen molar-refractivity contribution in [3.63, 3.8) is 0 Å². The van der Waals surface area contributed by atoms with Gasteiger partial charge in [0.25, 0.3) is 0 Å². The molecule has 5 nitrogen and oxygen atoms in total. The van der Waals surface area contributed by atoms with Gasteiger partial charge in [0.05, 0.1) is 11.6 Å². The highest BCUT2D eigenvalue weighted by atomic mass is 16.2. The highest BCUT2D eigenvalue weighted by molar-refractivity contribution is 6.03. The number of nitriles is 1. The predicted octanol–water partition coefficient (Wildman–Crippen LogP) is 2.51. The first-order valence-electron chi connectivity index (χ1n) is 7.19. The second-order valence-corrected chi connectivity index (χ2v) is 5.18. The van der Waals surface area contributed by atoms with Crippen LogP contribution in [0.3, 0.4) is 0 Å². The van der Waals surface area contributed by atoms with Gasteiger partial charge in [-0.3, -0.25) is 9.59 Å². The number of benzene rings is 2. The fourth-order valence-corrected chi connectivity index (χ4v) is 1.99. The van der Waals surface area contributed by atoms with Crippen LogP contribution < -0.4 is 10.6 Å². The van der Waals surface area contributed by atoms with Crippen molar-refractivity contribution in [2.45, 2.75) is 19.9 Å². The molecule has 0 aromatic heterocycles. The second-order valence-electron chi connectivity index (χ2n) is 5.18. The van der Waals surface area contributed by atoms with Crippen LogP contribution in [-0.2, 0) is 16.1 Å². The molecule has 2 N–H and O–H groups in total. The van der Waals surface area contributed by atoms with Crippen LogP contribution in [0.4, 0.5) is 5.69 Å². The monoisotopic (exact) mass is 307 g/mol. The fourth-order valence-electron chi connectivity index (χ4n) is 1.99. The van der Waals surface area contributed by atoms with E-state index >= 15 is 0 Å². The molecule has 2 rings (SSSR count). The number of nitrogens with zero attached hydrogens (tertiary/aromatic N) is 1. The zero-order chi connectivity index (χ0) is 16.7. The smallest absolute Gasteiger partial charge is 0.233 e. The Morgan fingerprint density at radius 3 is 2.52 bits per heavy atom. The molecule has 0 heterocycles. The second kappa shape index (κ2) is 7.76. The van der Waals surface area contributed by atoms with Crippen molar-refractivity contribution in [1.82, 2.24) is 5.32 Å². The summed E-state index contributed by atoms with van der Waals surface area (Å²) in [6.07, 6.45) is -0.261. The number of amides is 2. The number of rotatable bonds is 5. The molecule has 2 aromatic carbocycles. The lowest BCUT2D eigenvalue weighted by molar-refractivity contribution is -0.126. The Kier molecular flexibility index (Phi) is 5.48. The first-order valence-corrected chi connectivity index (χ1v) is 7.19. The standard InChI is InChI=1S/C18H17N3O2/c1-13-5-7-14(8-6-13)12-20-17(22)10-18(23)21-16-4-2-3-15(9-16)11-19/h2-9H,10,12H2,1H3,(H,20,22)(H,21,23). The van der Waals surface area contributed by atoms with Gasteiger partial charge in [-0.15, -0.1) is 0 Å². The number of nitrogens with one attached hydrogen (secondary N) is 2. The van der Waals surface area contributed by atoms with Crippen LogP contribution in [0.5, 0.6) is 0 Å². The van der Waals surface area contributed by atoms with E-state index in [0.29, 0.717) is 17.8 Å². The van der Waals surface area contributed by atoms with Crippen molar-refractivity contribution in [2.75, 3.05) is 5.32 Å². The average Bonchev–Trinajstić information content (AvgIpc) is 2.54. The molecule has 116 valence electrons. The average molecular weight is 307 g/mol. The zero-order valence-corrected chi connectivity index (χ0v) is 12.8.